The molecule has 0 bridgehead atoms. The normalized spacial score (nSPS) is 11.6. The topological polar surface area (TPSA) is 35.2 Å². The Kier molecular flexibility index (Phi) is 5.60. The first-order valence-corrected chi connectivity index (χ1v) is 6.50. The number of nitrogens with two attached hydrogens (primary N) is 1. The highest BCUT2D eigenvalue weighted by atomic mass is 19.1. The Hall–Kier alpha value is -1.09. The number of aryl methyl sites for hydroxylation is 1. The van der Waals surface area contributed by atoms with Gasteiger partial charge in [0.15, 0.2) is 0 Å². The molecule has 1 aromatic carbocycles. The Morgan fingerprint density at radius 1 is 1.17 bits per heavy atom. The van der Waals surface area contributed by atoms with Crippen molar-refractivity contribution in [2.75, 3.05) is 13.4 Å². The molecule has 0 spiro atoms. The van der Waals surface area contributed by atoms with Crippen molar-refractivity contribution in [2.45, 2.75) is 45.4 Å². The molecule has 0 aliphatic heterocycles. The molecule has 3 heteroatoms. The van der Waals surface area contributed by atoms with Gasteiger partial charge in [0, 0.05) is 0 Å². The minimum Gasteiger partial charge on any atom is -0.463 e. The molecule has 102 valence electrons. The summed E-state index contributed by atoms with van der Waals surface area (Å²) in [4.78, 5) is 0. The molecule has 2 N–H and O–H groups in total. The van der Waals surface area contributed by atoms with Gasteiger partial charge < -0.3 is 10.5 Å². The van der Waals surface area contributed by atoms with Crippen LogP contribution < -0.4 is 10.5 Å². The van der Waals surface area contributed by atoms with E-state index in [1.54, 1.807) is 0 Å². The summed E-state index contributed by atoms with van der Waals surface area (Å²) in [6.07, 6.45) is 3.03. The first-order valence-electron chi connectivity index (χ1n) is 6.50. The van der Waals surface area contributed by atoms with E-state index in [9.17, 15) is 4.39 Å². The predicted octanol–water partition coefficient (Wildman–Crippen LogP) is 3.57. The first-order chi connectivity index (χ1) is 8.47. The third kappa shape index (κ3) is 4.65. The van der Waals surface area contributed by atoms with Gasteiger partial charge in [-0.3, -0.25) is 0 Å². The van der Waals surface area contributed by atoms with Crippen molar-refractivity contribution in [2.24, 2.45) is 5.73 Å². The van der Waals surface area contributed by atoms with Gasteiger partial charge in [0.05, 0.1) is 0 Å². The van der Waals surface area contributed by atoms with Crippen LogP contribution in [0.25, 0.3) is 0 Å². The van der Waals surface area contributed by atoms with Gasteiger partial charge >= 0.3 is 0 Å². The predicted molar refractivity (Wildman–Crippen MR) is 73.7 cm³/mol. The number of unbranched alkanes of at least 4 members (excludes halogenated alkanes) is 1. The van der Waals surface area contributed by atoms with Crippen LogP contribution in [0.2, 0.25) is 0 Å². The minimum atomic E-state index is -0.782. The van der Waals surface area contributed by atoms with E-state index in [1.165, 1.54) is 11.1 Å². The summed E-state index contributed by atoms with van der Waals surface area (Å²) in [5.74, 6) is 0.618. The zero-order chi connectivity index (χ0) is 13.6. The van der Waals surface area contributed by atoms with Crippen molar-refractivity contribution in [3.63, 3.8) is 0 Å². The lowest BCUT2D eigenvalue weighted by atomic mass is 9.85. The van der Waals surface area contributed by atoms with Gasteiger partial charge in [-0.1, -0.05) is 26.8 Å². The van der Waals surface area contributed by atoms with Gasteiger partial charge in [-0.15, -0.1) is 0 Å². The zero-order valence-electron chi connectivity index (χ0n) is 11.6. The summed E-state index contributed by atoms with van der Waals surface area (Å²) in [6, 6.07) is 6.03. The Bertz CT molecular complexity index is 371. The first kappa shape index (κ1) is 15.0. The van der Waals surface area contributed by atoms with Crippen LogP contribution in [0, 0.1) is 0 Å². The molecule has 2 nitrogen and oxygen atoms in total. The second-order valence-corrected chi connectivity index (χ2v) is 5.61. The summed E-state index contributed by atoms with van der Waals surface area (Å²) >= 11 is 0. The smallest absolute Gasteiger partial charge is 0.228 e. The van der Waals surface area contributed by atoms with E-state index in [4.69, 9.17) is 10.5 Å². The third-order valence-corrected chi connectivity index (χ3v) is 2.97. The van der Waals surface area contributed by atoms with Crippen LogP contribution in [0.4, 0.5) is 4.39 Å². The number of hydrogen-bond donors (Lipinski definition) is 1. The van der Waals surface area contributed by atoms with Crippen LogP contribution in [-0.4, -0.2) is 13.4 Å². The quantitative estimate of drug-likeness (QED) is 0.787. The SMILES string of the molecule is CC(C)(C)c1cc(CCCCN)cc(OCF)c1. The fraction of sp³-hybridized carbons (Fsp3) is 0.600. The van der Waals surface area contributed by atoms with Gasteiger partial charge in [-0.25, -0.2) is 4.39 Å². The van der Waals surface area contributed by atoms with Crippen molar-refractivity contribution in [1.29, 1.82) is 0 Å². The Morgan fingerprint density at radius 2 is 1.89 bits per heavy atom. The van der Waals surface area contributed by atoms with Gasteiger partial charge in [0.1, 0.15) is 5.75 Å². The molecule has 0 amide bonds. The van der Waals surface area contributed by atoms with E-state index < -0.39 is 6.86 Å². The number of ether oxygens (including phenoxy) is 1. The Balaban J connectivity index is 2.91. The fourth-order valence-electron chi connectivity index (χ4n) is 1.86. The summed E-state index contributed by atoms with van der Waals surface area (Å²) in [6.45, 7) is 6.37. The molecule has 0 fully saturated rings. The molecule has 1 rings (SSSR count). The van der Waals surface area contributed by atoms with Gasteiger partial charge in [-0.2, -0.15) is 0 Å². The number of benzene rings is 1. The Morgan fingerprint density at radius 3 is 2.44 bits per heavy atom. The number of hydrogen-bond acceptors (Lipinski definition) is 2. The van der Waals surface area contributed by atoms with Crippen LogP contribution >= 0.6 is 0 Å². The average molecular weight is 253 g/mol. The van der Waals surface area contributed by atoms with Crippen LogP contribution in [0.5, 0.6) is 5.75 Å². The largest absolute Gasteiger partial charge is 0.463 e. The van der Waals surface area contributed by atoms with E-state index in [0.717, 1.165) is 19.3 Å². The lowest BCUT2D eigenvalue weighted by Crippen LogP contribution is -2.12. The molecule has 0 saturated carbocycles. The third-order valence-electron chi connectivity index (χ3n) is 2.97. The maximum absolute atomic E-state index is 12.3. The Labute approximate surface area is 109 Å². The van der Waals surface area contributed by atoms with Gasteiger partial charge in [0.2, 0.25) is 6.86 Å². The summed E-state index contributed by atoms with van der Waals surface area (Å²) in [5.41, 5.74) is 7.91. The molecule has 1 aromatic rings. The van der Waals surface area contributed by atoms with Crippen molar-refractivity contribution in [3.05, 3.63) is 29.3 Å². The van der Waals surface area contributed by atoms with Crippen molar-refractivity contribution in [3.8, 4) is 5.75 Å². The van der Waals surface area contributed by atoms with Crippen molar-refractivity contribution >= 4 is 0 Å². The maximum Gasteiger partial charge on any atom is 0.228 e. The van der Waals surface area contributed by atoms with Crippen LogP contribution in [0.3, 0.4) is 0 Å². The van der Waals surface area contributed by atoms with E-state index in [0.29, 0.717) is 12.3 Å². The highest BCUT2D eigenvalue weighted by molar-refractivity contribution is 5.37. The standard InChI is InChI=1S/C15H24FNO/c1-15(2,3)13-8-12(6-4-5-7-17)9-14(10-13)18-11-16/h8-10H,4-7,11,17H2,1-3H3. The molecule has 0 aliphatic carbocycles. The molecule has 0 unspecified atom stereocenters. The number of halogens is 1. The van der Waals surface area contributed by atoms with Gasteiger partial charge in [0.25, 0.3) is 0 Å². The molecular weight excluding hydrogens is 229 g/mol. The van der Waals surface area contributed by atoms with E-state index in [1.807, 2.05) is 12.1 Å². The fourth-order valence-corrected chi connectivity index (χ4v) is 1.86. The van der Waals surface area contributed by atoms with Crippen molar-refractivity contribution in [1.82, 2.24) is 0 Å². The average Bonchev–Trinajstić information content (AvgIpc) is 2.28. The van der Waals surface area contributed by atoms with Crippen molar-refractivity contribution < 1.29 is 9.13 Å². The summed E-state index contributed by atoms with van der Waals surface area (Å²) in [5, 5.41) is 0. The molecule has 0 atom stereocenters. The number of rotatable bonds is 6. The molecule has 18 heavy (non-hydrogen) atoms. The molecule has 0 saturated heterocycles. The van der Waals surface area contributed by atoms with E-state index >= 15 is 0 Å². The van der Waals surface area contributed by atoms with Crippen LogP contribution in [0.15, 0.2) is 18.2 Å². The lowest BCUT2D eigenvalue weighted by Gasteiger charge is -2.21. The van der Waals surface area contributed by atoms with E-state index in [-0.39, 0.29) is 5.41 Å². The second kappa shape index (κ2) is 6.74. The molecular formula is C15H24FNO. The molecule has 0 aliphatic rings. The maximum atomic E-state index is 12.3. The number of alkyl halides is 1. The monoisotopic (exact) mass is 253 g/mol. The highest BCUT2D eigenvalue weighted by Gasteiger charge is 2.15. The second-order valence-electron chi connectivity index (χ2n) is 5.61. The lowest BCUT2D eigenvalue weighted by molar-refractivity contribution is 0.191. The summed E-state index contributed by atoms with van der Waals surface area (Å²) < 4.78 is 17.3. The van der Waals surface area contributed by atoms with E-state index in [2.05, 4.69) is 26.8 Å². The molecule has 0 heterocycles. The summed E-state index contributed by atoms with van der Waals surface area (Å²) in [7, 11) is 0. The minimum absolute atomic E-state index is 0.0400. The van der Waals surface area contributed by atoms with Gasteiger partial charge in [-0.05, 0) is 54.5 Å². The molecule has 0 aromatic heterocycles. The zero-order valence-corrected chi connectivity index (χ0v) is 11.6. The van der Waals surface area contributed by atoms with Crippen LogP contribution in [-0.2, 0) is 11.8 Å². The highest BCUT2D eigenvalue weighted by Crippen LogP contribution is 2.28. The van der Waals surface area contributed by atoms with Crippen LogP contribution in [0.1, 0.15) is 44.7 Å². The molecule has 0 radical (unpaired) electrons.